The number of carbonyl (C=O) groups excluding carboxylic acids is 1. The minimum Gasteiger partial charge on any atom is -0.493 e. The number of rotatable bonds is 5. The van der Waals surface area contributed by atoms with Gasteiger partial charge in [0, 0.05) is 13.1 Å². The van der Waals surface area contributed by atoms with Crippen molar-refractivity contribution in [2.24, 2.45) is 4.99 Å². The third-order valence-electron chi connectivity index (χ3n) is 4.71. The molecular formula is C22H22N2O3S. The zero-order valence-electron chi connectivity index (χ0n) is 15.8. The van der Waals surface area contributed by atoms with Gasteiger partial charge < -0.3 is 14.4 Å². The van der Waals surface area contributed by atoms with Crippen LogP contribution >= 0.6 is 11.8 Å². The largest absolute Gasteiger partial charge is 0.493 e. The Kier molecular flexibility index (Phi) is 5.67. The van der Waals surface area contributed by atoms with Gasteiger partial charge in [0.1, 0.15) is 6.61 Å². The average molecular weight is 394 g/mol. The molecule has 0 saturated carbocycles. The first-order valence-corrected chi connectivity index (χ1v) is 10.2. The van der Waals surface area contributed by atoms with Crippen LogP contribution in [0.2, 0.25) is 0 Å². The highest BCUT2D eigenvalue weighted by Crippen LogP contribution is 2.34. The topological polar surface area (TPSA) is 51.1 Å². The summed E-state index contributed by atoms with van der Waals surface area (Å²) < 4.78 is 11.4. The molecule has 0 atom stereocenters. The molecule has 0 aliphatic carbocycles. The summed E-state index contributed by atoms with van der Waals surface area (Å²) in [5, 5.41) is 0.823. The molecule has 1 amide bonds. The van der Waals surface area contributed by atoms with Gasteiger partial charge in [-0.25, -0.2) is 0 Å². The van der Waals surface area contributed by atoms with Crippen molar-refractivity contribution in [3.63, 3.8) is 0 Å². The lowest BCUT2D eigenvalue weighted by atomic mass is 10.2. The first-order valence-electron chi connectivity index (χ1n) is 9.35. The van der Waals surface area contributed by atoms with Gasteiger partial charge in [-0.05, 0) is 53.9 Å². The zero-order valence-corrected chi connectivity index (χ0v) is 16.6. The summed E-state index contributed by atoms with van der Waals surface area (Å²) in [6.45, 7) is 2.43. The highest BCUT2D eigenvalue weighted by atomic mass is 32.2. The number of ether oxygens (including phenoxy) is 2. The van der Waals surface area contributed by atoms with E-state index in [9.17, 15) is 4.79 Å². The van der Waals surface area contributed by atoms with Crippen LogP contribution in [-0.2, 0) is 11.4 Å². The van der Waals surface area contributed by atoms with Crippen molar-refractivity contribution in [3.8, 4) is 11.5 Å². The van der Waals surface area contributed by atoms with Crippen molar-refractivity contribution in [2.75, 3.05) is 20.2 Å². The van der Waals surface area contributed by atoms with Crippen LogP contribution in [-0.4, -0.2) is 36.2 Å². The summed E-state index contributed by atoms with van der Waals surface area (Å²) >= 11 is 1.45. The molecule has 28 heavy (non-hydrogen) atoms. The Morgan fingerprint density at radius 3 is 2.64 bits per heavy atom. The lowest BCUT2D eigenvalue weighted by molar-refractivity contribution is -0.113. The molecular weight excluding hydrogens is 372 g/mol. The van der Waals surface area contributed by atoms with E-state index in [0.717, 1.165) is 42.2 Å². The molecule has 4 rings (SSSR count). The minimum atomic E-state index is -0.171. The summed E-state index contributed by atoms with van der Waals surface area (Å²) in [6, 6.07) is 15.7. The van der Waals surface area contributed by atoms with Gasteiger partial charge in [-0.1, -0.05) is 36.4 Å². The molecule has 1 fully saturated rings. The van der Waals surface area contributed by atoms with Crippen molar-refractivity contribution in [2.45, 2.75) is 19.4 Å². The Labute approximate surface area is 169 Å². The third kappa shape index (κ3) is 4.22. The van der Waals surface area contributed by atoms with Crippen molar-refractivity contribution >= 4 is 28.9 Å². The van der Waals surface area contributed by atoms with Crippen molar-refractivity contribution < 1.29 is 14.3 Å². The number of nitrogens with zero attached hydrogens (tertiary/aromatic N) is 2. The van der Waals surface area contributed by atoms with Gasteiger partial charge in [-0.15, -0.1) is 0 Å². The molecule has 2 heterocycles. The molecule has 6 heteroatoms. The van der Waals surface area contributed by atoms with E-state index < -0.39 is 0 Å². The van der Waals surface area contributed by atoms with Crippen LogP contribution in [0.15, 0.2) is 58.4 Å². The maximum absolute atomic E-state index is 12.3. The van der Waals surface area contributed by atoms with Crippen molar-refractivity contribution in [1.82, 2.24) is 4.90 Å². The summed E-state index contributed by atoms with van der Waals surface area (Å²) in [7, 11) is 1.62. The van der Waals surface area contributed by atoms with E-state index in [1.165, 1.54) is 11.8 Å². The first kappa shape index (κ1) is 18.6. The number of carbonyl (C=O) groups is 1. The van der Waals surface area contributed by atoms with Gasteiger partial charge in [0.25, 0.3) is 5.91 Å². The molecule has 2 aromatic carbocycles. The normalized spacial score (nSPS) is 17.9. The SMILES string of the molecule is COc1cc(C=C2SC(N3CCCC3)=NC2=O)ccc1OCc1ccccc1. The smallest absolute Gasteiger partial charge is 0.286 e. The van der Waals surface area contributed by atoms with E-state index in [0.29, 0.717) is 23.0 Å². The maximum Gasteiger partial charge on any atom is 0.286 e. The fourth-order valence-corrected chi connectivity index (χ4v) is 4.19. The van der Waals surface area contributed by atoms with Crippen molar-refractivity contribution in [3.05, 3.63) is 64.6 Å². The predicted octanol–water partition coefficient (Wildman–Crippen LogP) is 4.34. The highest BCUT2D eigenvalue weighted by molar-refractivity contribution is 8.18. The van der Waals surface area contributed by atoms with Crippen molar-refractivity contribution in [1.29, 1.82) is 0 Å². The van der Waals surface area contributed by atoms with Crippen LogP contribution in [0.25, 0.3) is 6.08 Å². The summed E-state index contributed by atoms with van der Waals surface area (Å²) in [4.78, 5) is 19.3. The summed E-state index contributed by atoms with van der Waals surface area (Å²) in [5.74, 6) is 1.14. The predicted molar refractivity (Wildman–Crippen MR) is 113 cm³/mol. The summed E-state index contributed by atoms with van der Waals surface area (Å²) in [5.41, 5.74) is 1.98. The van der Waals surface area contributed by atoms with E-state index in [2.05, 4.69) is 9.89 Å². The Morgan fingerprint density at radius 1 is 1.11 bits per heavy atom. The fourth-order valence-electron chi connectivity index (χ4n) is 3.22. The molecule has 144 valence electrons. The van der Waals surface area contributed by atoms with Crippen LogP contribution in [0.3, 0.4) is 0 Å². The Balaban J connectivity index is 1.47. The third-order valence-corrected chi connectivity index (χ3v) is 5.75. The van der Waals surface area contributed by atoms with Crippen LogP contribution in [0.4, 0.5) is 0 Å². The van der Waals surface area contributed by atoms with E-state index in [1.54, 1.807) is 7.11 Å². The molecule has 0 radical (unpaired) electrons. The van der Waals surface area contributed by atoms with Crippen LogP contribution < -0.4 is 9.47 Å². The summed E-state index contributed by atoms with van der Waals surface area (Å²) in [6.07, 6.45) is 4.19. The number of aliphatic imine (C=N–C) groups is 1. The van der Waals surface area contributed by atoms with E-state index in [1.807, 2.05) is 54.6 Å². The second-order valence-electron chi connectivity index (χ2n) is 6.69. The first-order chi connectivity index (χ1) is 13.7. The molecule has 2 aliphatic heterocycles. The monoisotopic (exact) mass is 394 g/mol. The van der Waals surface area contributed by atoms with Gasteiger partial charge in [-0.3, -0.25) is 4.79 Å². The maximum atomic E-state index is 12.3. The molecule has 5 nitrogen and oxygen atoms in total. The van der Waals surface area contributed by atoms with Gasteiger partial charge in [0.15, 0.2) is 16.7 Å². The van der Waals surface area contributed by atoms with E-state index in [-0.39, 0.29) is 5.91 Å². The van der Waals surface area contributed by atoms with E-state index in [4.69, 9.17) is 9.47 Å². The number of amides is 1. The highest BCUT2D eigenvalue weighted by Gasteiger charge is 2.27. The quantitative estimate of drug-likeness (QED) is 0.706. The van der Waals surface area contributed by atoms with Gasteiger partial charge in [0.05, 0.1) is 12.0 Å². The molecule has 0 N–H and O–H groups in total. The average Bonchev–Trinajstić information content (AvgIpc) is 3.38. The number of amidine groups is 1. The zero-order chi connectivity index (χ0) is 19.3. The molecule has 1 saturated heterocycles. The second-order valence-corrected chi connectivity index (χ2v) is 7.70. The van der Waals surface area contributed by atoms with Gasteiger partial charge >= 0.3 is 0 Å². The Morgan fingerprint density at radius 2 is 1.89 bits per heavy atom. The van der Waals surface area contributed by atoms with Crippen LogP contribution in [0, 0.1) is 0 Å². The minimum absolute atomic E-state index is 0.171. The molecule has 0 unspecified atom stereocenters. The number of benzene rings is 2. The molecule has 0 spiro atoms. The van der Waals surface area contributed by atoms with Crippen LogP contribution in [0.5, 0.6) is 11.5 Å². The fraction of sp³-hybridized carbons (Fsp3) is 0.273. The lowest BCUT2D eigenvalue weighted by Gasteiger charge is -2.14. The lowest BCUT2D eigenvalue weighted by Crippen LogP contribution is -2.23. The Bertz CT molecular complexity index is 919. The number of methoxy groups -OCH3 is 1. The molecule has 0 bridgehead atoms. The molecule has 2 aromatic rings. The number of hydrogen-bond acceptors (Lipinski definition) is 5. The van der Waals surface area contributed by atoms with Crippen LogP contribution in [0.1, 0.15) is 24.0 Å². The number of likely N-dealkylation sites (tertiary alicyclic amines) is 1. The Hall–Kier alpha value is -2.73. The van der Waals surface area contributed by atoms with E-state index >= 15 is 0 Å². The molecule has 2 aliphatic rings. The number of hydrogen-bond donors (Lipinski definition) is 0. The second kappa shape index (κ2) is 8.52. The standard InChI is InChI=1S/C22H22N2O3S/c1-26-19-13-17(9-10-18(19)27-15-16-7-3-2-4-8-16)14-20-21(25)23-22(28-20)24-11-5-6-12-24/h2-4,7-10,13-14H,5-6,11-12,15H2,1H3. The van der Waals surface area contributed by atoms with Gasteiger partial charge in [0.2, 0.25) is 0 Å². The van der Waals surface area contributed by atoms with Gasteiger partial charge in [-0.2, -0.15) is 4.99 Å². The number of thioether (sulfide) groups is 1. The molecule has 0 aromatic heterocycles.